The van der Waals surface area contributed by atoms with E-state index in [2.05, 4.69) is 20.2 Å². The molecule has 2 fully saturated rings. The third kappa shape index (κ3) is 4.91. The van der Waals surface area contributed by atoms with Crippen molar-refractivity contribution < 1.29 is 4.79 Å². The monoisotopic (exact) mass is 345 g/mol. The van der Waals surface area contributed by atoms with Gasteiger partial charge < -0.3 is 10.2 Å². The molecule has 6 nitrogen and oxygen atoms in total. The summed E-state index contributed by atoms with van der Waals surface area (Å²) in [6.45, 7) is 2.52. The maximum absolute atomic E-state index is 12.7. The number of nitrogens with zero attached hydrogens (tertiary/aromatic N) is 4. The highest BCUT2D eigenvalue weighted by atomic mass is 16.2. The van der Waals surface area contributed by atoms with Gasteiger partial charge in [0.15, 0.2) is 0 Å². The zero-order chi connectivity index (χ0) is 17.6. The molecule has 1 aliphatic carbocycles. The van der Waals surface area contributed by atoms with Crippen LogP contribution in [-0.4, -0.2) is 54.0 Å². The first-order valence-corrected chi connectivity index (χ1v) is 9.64. The van der Waals surface area contributed by atoms with Gasteiger partial charge in [-0.2, -0.15) is 0 Å². The summed E-state index contributed by atoms with van der Waals surface area (Å²) in [5.74, 6) is 1.59. The van der Waals surface area contributed by atoms with E-state index in [0.717, 1.165) is 37.6 Å². The number of carbonyl (C=O) groups is 1. The van der Waals surface area contributed by atoms with Gasteiger partial charge in [0.25, 0.3) is 0 Å². The molecule has 2 aliphatic rings. The predicted molar refractivity (Wildman–Crippen MR) is 99.4 cm³/mol. The molecule has 3 rings (SSSR count). The SMILES string of the molecule is CN(C)c1nccc(CN2CCC[C@H]2C(=O)NCC2CCCCC2)n1. The van der Waals surface area contributed by atoms with Gasteiger partial charge in [-0.3, -0.25) is 9.69 Å². The highest BCUT2D eigenvalue weighted by Gasteiger charge is 2.31. The Bertz CT molecular complexity index is 571. The molecule has 1 N–H and O–H groups in total. The summed E-state index contributed by atoms with van der Waals surface area (Å²) < 4.78 is 0. The number of amides is 1. The molecule has 2 heterocycles. The fraction of sp³-hybridized carbons (Fsp3) is 0.737. The minimum atomic E-state index is -0.0126. The van der Waals surface area contributed by atoms with Crippen LogP contribution < -0.4 is 10.2 Å². The fourth-order valence-electron chi connectivity index (χ4n) is 3.96. The van der Waals surface area contributed by atoms with E-state index in [-0.39, 0.29) is 11.9 Å². The third-order valence-corrected chi connectivity index (χ3v) is 5.42. The molecule has 1 aromatic heterocycles. The first-order chi connectivity index (χ1) is 12.1. The van der Waals surface area contributed by atoms with Crippen molar-refractivity contribution in [3.8, 4) is 0 Å². The Balaban J connectivity index is 1.54. The van der Waals surface area contributed by atoms with Gasteiger partial charge in [-0.25, -0.2) is 9.97 Å². The first kappa shape index (κ1) is 18.1. The third-order valence-electron chi connectivity index (χ3n) is 5.42. The lowest BCUT2D eigenvalue weighted by molar-refractivity contribution is -0.125. The molecule has 0 bridgehead atoms. The first-order valence-electron chi connectivity index (χ1n) is 9.64. The highest BCUT2D eigenvalue weighted by Crippen LogP contribution is 2.24. The molecular formula is C19H31N5O. The Morgan fingerprint density at radius 3 is 2.80 bits per heavy atom. The van der Waals surface area contributed by atoms with Crippen LogP contribution in [0.5, 0.6) is 0 Å². The van der Waals surface area contributed by atoms with Crippen LogP contribution in [0.25, 0.3) is 0 Å². The van der Waals surface area contributed by atoms with Crippen LogP contribution in [0.1, 0.15) is 50.6 Å². The number of rotatable bonds is 6. The maximum Gasteiger partial charge on any atom is 0.237 e. The number of anilines is 1. The molecular weight excluding hydrogens is 314 g/mol. The number of nitrogens with one attached hydrogen (secondary N) is 1. The second-order valence-corrected chi connectivity index (χ2v) is 7.62. The molecule has 1 atom stereocenters. The van der Waals surface area contributed by atoms with Gasteiger partial charge in [-0.1, -0.05) is 19.3 Å². The Labute approximate surface area is 151 Å². The van der Waals surface area contributed by atoms with Gasteiger partial charge in [0.2, 0.25) is 11.9 Å². The average molecular weight is 345 g/mol. The van der Waals surface area contributed by atoms with E-state index >= 15 is 0 Å². The molecule has 25 heavy (non-hydrogen) atoms. The summed E-state index contributed by atoms with van der Waals surface area (Å²) in [6.07, 6.45) is 10.3. The van der Waals surface area contributed by atoms with Crippen LogP contribution in [0.2, 0.25) is 0 Å². The Morgan fingerprint density at radius 1 is 1.24 bits per heavy atom. The molecule has 0 radical (unpaired) electrons. The normalized spacial score (nSPS) is 22.1. The van der Waals surface area contributed by atoms with Crippen molar-refractivity contribution in [1.29, 1.82) is 0 Å². The number of carbonyl (C=O) groups excluding carboxylic acids is 1. The van der Waals surface area contributed by atoms with Gasteiger partial charge in [0.1, 0.15) is 0 Å². The second-order valence-electron chi connectivity index (χ2n) is 7.62. The van der Waals surface area contributed by atoms with E-state index in [9.17, 15) is 4.79 Å². The Hall–Kier alpha value is -1.69. The maximum atomic E-state index is 12.7. The molecule has 0 spiro atoms. The number of likely N-dealkylation sites (tertiary alicyclic amines) is 1. The van der Waals surface area contributed by atoms with E-state index in [4.69, 9.17) is 0 Å². The Kier molecular flexibility index (Phi) is 6.24. The summed E-state index contributed by atoms with van der Waals surface area (Å²) in [6, 6.07) is 1.93. The van der Waals surface area contributed by atoms with Crippen molar-refractivity contribution in [3.63, 3.8) is 0 Å². The zero-order valence-corrected chi connectivity index (χ0v) is 15.6. The standard InChI is InChI=1S/C19H31N5O/c1-23(2)19-20-11-10-16(22-19)14-24-12-6-9-17(24)18(25)21-13-15-7-4-3-5-8-15/h10-11,15,17H,3-9,12-14H2,1-2H3,(H,21,25)/t17-/m0/s1. The molecule has 1 aromatic rings. The molecule has 1 saturated carbocycles. The van der Waals surface area contributed by atoms with E-state index in [1.807, 2.05) is 25.1 Å². The lowest BCUT2D eigenvalue weighted by Gasteiger charge is -2.26. The lowest BCUT2D eigenvalue weighted by Crippen LogP contribution is -2.44. The van der Waals surface area contributed by atoms with Crippen molar-refractivity contribution in [2.75, 3.05) is 32.1 Å². The number of hydrogen-bond acceptors (Lipinski definition) is 5. The smallest absolute Gasteiger partial charge is 0.237 e. The Morgan fingerprint density at radius 2 is 2.04 bits per heavy atom. The fourth-order valence-corrected chi connectivity index (χ4v) is 3.96. The number of hydrogen-bond donors (Lipinski definition) is 1. The molecule has 0 aromatic carbocycles. The second kappa shape index (κ2) is 8.61. The summed E-state index contributed by atoms with van der Waals surface area (Å²) in [4.78, 5) is 25.7. The van der Waals surface area contributed by atoms with Crippen molar-refractivity contribution in [2.24, 2.45) is 5.92 Å². The molecule has 1 aliphatic heterocycles. The average Bonchev–Trinajstić information content (AvgIpc) is 3.09. The van der Waals surface area contributed by atoms with E-state index in [1.165, 1.54) is 32.1 Å². The van der Waals surface area contributed by atoms with Crippen LogP contribution >= 0.6 is 0 Å². The summed E-state index contributed by atoms with van der Waals surface area (Å²) in [5.41, 5.74) is 0.977. The van der Waals surface area contributed by atoms with E-state index in [0.29, 0.717) is 12.5 Å². The zero-order valence-electron chi connectivity index (χ0n) is 15.6. The van der Waals surface area contributed by atoms with Crippen LogP contribution in [-0.2, 0) is 11.3 Å². The molecule has 0 unspecified atom stereocenters. The van der Waals surface area contributed by atoms with Gasteiger partial charge in [0, 0.05) is 33.4 Å². The van der Waals surface area contributed by atoms with Gasteiger partial charge in [0.05, 0.1) is 11.7 Å². The van der Waals surface area contributed by atoms with Gasteiger partial charge in [-0.05, 0) is 44.2 Å². The van der Waals surface area contributed by atoms with Crippen molar-refractivity contribution in [1.82, 2.24) is 20.2 Å². The summed E-state index contributed by atoms with van der Waals surface area (Å²) in [7, 11) is 3.88. The lowest BCUT2D eigenvalue weighted by atomic mass is 9.89. The molecule has 1 amide bonds. The van der Waals surface area contributed by atoms with E-state index < -0.39 is 0 Å². The summed E-state index contributed by atoms with van der Waals surface area (Å²) >= 11 is 0. The van der Waals surface area contributed by atoms with E-state index in [1.54, 1.807) is 6.20 Å². The quantitative estimate of drug-likeness (QED) is 0.856. The van der Waals surface area contributed by atoms with Crippen molar-refractivity contribution >= 4 is 11.9 Å². The molecule has 1 saturated heterocycles. The largest absolute Gasteiger partial charge is 0.354 e. The predicted octanol–water partition coefficient (Wildman–Crippen LogP) is 2.20. The van der Waals surface area contributed by atoms with Gasteiger partial charge >= 0.3 is 0 Å². The van der Waals surface area contributed by atoms with Crippen molar-refractivity contribution in [2.45, 2.75) is 57.5 Å². The highest BCUT2D eigenvalue weighted by molar-refractivity contribution is 5.82. The minimum absolute atomic E-state index is 0.0126. The van der Waals surface area contributed by atoms with Crippen LogP contribution in [0.4, 0.5) is 5.95 Å². The van der Waals surface area contributed by atoms with Crippen LogP contribution in [0.3, 0.4) is 0 Å². The molecule has 138 valence electrons. The van der Waals surface area contributed by atoms with Crippen LogP contribution in [0, 0.1) is 5.92 Å². The summed E-state index contributed by atoms with van der Waals surface area (Å²) in [5, 5.41) is 3.22. The topological polar surface area (TPSA) is 61.4 Å². The minimum Gasteiger partial charge on any atom is -0.354 e. The van der Waals surface area contributed by atoms with Crippen LogP contribution in [0.15, 0.2) is 12.3 Å². The molecule has 6 heteroatoms. The van der Waals surface area contributed by atoms with Crippen molar-refractivity contribution in [3.05, 3.63) is 18.0 Å². The van der Waals surface area contributed by atoms with Gasteiger partial charge in [-0.15, -0.1) is 0 Å². The number of aromatic nitrogens is 2.